The van der Waals surface area contributed by atoms with Gasteiger partial charge in [0.1, 0.15) is 4.47 Å². The second kappa shape index (κ2) is 5.48. The van der Waals surface area contributed by atoms with Gasteiger partial charge in [-0.15, -0.1) is 0 Å². The summed E-state index contributed by atoms with van der Waals surface area (Å²) in [5.41, 5.74) is 2.55. The molecule has 0 amide bonds. The first kappa shape index (κ1) is 13.7. The van der Waals surface area contributed by atoms with Gasteiger partial charge in [0.15, 0.2) is 5.78 Å². The van der Waals surface area contributed by atoms with E-state index in [1.807, 2.05) is 26.0 Å². The summed E-state index contributed by atoms with van der Waals surface area (Å²) in [6, 6.07) is 5.53. The number of aryl methyl sites for hydroxylation is 2. The Morgan fingerprint density at radius 1 is 1.32 bits per heavy atom. The number of Topliss-reactive ketones (excluding diaryl/α,β-unsaturated/α-hetero) is 1. The summed E-state index contributed by atoms with van der Waals surface area (Å²) in [6.07, 6.45) is 2.78. The number of benzene rings is 1. The van der Waals surface area contributed by atoms with Crippen LogP contribution in [0.15, 0.2) is 40.0 Å². The number of nitrogens with zero attached hydrogens (tertiary/aromatic N) is 2. The van der Waals surface area contributed by atoms with E-state index in [0.717, 1.165) is 11.1 Å². The zero-order valence-corrected chi connectivity index (χ0v) is 12.3. The lowest BCUT2D eigenvalue weighted by Gasteiger charge is -2.06. The molecule has 4 nitrogen and oxygen atoms in total. The topological polar surface area (TPSA) is 52.0 Å². The third-order valence-corrected chi connectivity index (χ3v) is 3.55. The molecule has 1 aromatic heterocycles. The lowest BCUT2D eigenvalue weighted by Crippen LogP contribution is -2.24. The number of carbonyl (C=O) groups is 1. The molecule has 0 spiro atoms. The number of ketones is 1. The summed E-state index contributed by atoms with van der Waals surface area (Å²) in [5, 5.41) is 0. The molecule has 0 fully saturated rings. The van der Waals surface area contributed by atoms with Crippen molar-refractivity contribution in [3.63, 3.8) is 0 Å². The molecule has 2 aromatic rings. The predicted molar refractivity (Wildman–Crippen MR) is 76.4 cm³/mol. The van der Waals surface area contributed by atoms with Crippen LogP contribution in [0.3, 0.4) is 0 Å². The maximum atomic E-state index is 12.1. The first-order valence-electron chi connectivity index (χ1n) is 5.79. The third-order valence-electron chi connectivity index (χ3n) is 3.00. The van der Waals surface area contributed by atoms with Crippen molar-refractivity contribution in [2.75, 3.05) is 0 Å². The first-order chi connectivity index (χ1) is 8.99. The number of hydrogen-bond acceptors (Lipinski definition) is 3. The maximum absolute atomic E-state index is 12.1. The molecule has 1 aromatic carbocycles. The lowest BCUT2D eigenvalue weighted by molar-refractivity contribution is 0.0970. The van der Waals surface area contributed by atoms with Crippen molar-refractivity contribution in [1.82, 2.24) is 9.55 Å². The molecular formula is C14H13BrN2O2. The highest BCUT2D eigenvalue weighted by Crippen LogP contribution is 2.11. The van der Waals surface area contributed by atoms with Crippen molar-refractivity contribution in [1.29, 1.82) is 0 Å². The van der Waals surface area contributed by atoms with E-state index in [2.05, 4.69) is 20.9 Å². The van der Waals surface area contributed by atoms with Gasteiger partial charge in [-0.05, 0) is 47.0 Å². The Balaban J connectivity index is 2.28. The highest BCUT2D eigenvalue weighted by Gasteiger charge is 2.10. The molecule has 0 aliphatic heterocycles. The average molecular weight is 321 g/mol. The van der Waals surface area contributed by atoms with Crippen molar-refractivity contribution < 1.29 is 4.79 Å². The predicted octanol–water partition coefficient (Wildman–Crippen LogP) is 2.51. The van der Waals surface area contributed by atoms with Crippen LogP contribution < -0.4 is 5.56 Å². The van der Waals surface area contributed by atoms with Gasteiger partial charge in [0.05, 0.1) is 12.9 Å². The van der Waals surface area contributed by atoms with E-state index < -0.39 is 0 Å². The summed E-state index contributed by atoms with van der Waals surface area (Å²) in [5.74, 6) is -0.106. The number of halogens is 1. The van der Waals surface area contributed by atoms with Crippen molar-refractivity contribution in [3.05, 3.63) is 62.2 Å². The zero-order valence-electron chi connectivity index (χ0n) is 10.7. The summed E-state index contributed by atoms with van der Waals surface area (Å²) in [4.78, 5) is 27.8. The van der Waals surface area contributed by atoms with Crippen LogP contribution in [0.1, 0.15) is 21.5 Å². The van der Waals surface area contributed by atoms with E-state index in [-0.39, 0.29) is 17.9 Å². The van der Waals surface area contributed by atoms with E-state index in [1.54, 1.807) is 6.07 Å². The first-order valence-corrected chi connectivity index (χ1v) is 6.58. The lowest BCUT2D eigenvalue weighted by atomic mass is 10.0. The molecule has 0 saturated carbocycles. The Morgan fingerprint density at radius 2 is 2.05 bits per heavy atom. The molecular weight excluding hydrogens is 308 g/mol. The minimum Gasteiger partial charge on any atom is -0.292 e. The quantitative estimate of drug-likeness (QED) is 0.816. The van der Waals surface area contributed by atoms with Gasteiger partial charge >= 0.3 is 0 Å². The normalized spacial score (nSPS) is 10.5. The zero-order chi connectivity index (χ0) is 14.0. The van der Waals surface area contributed by atoms with Crippen molar-refractivity contribution >= 4 is 21.7 Å². The van der Waals surface area contributed by atoms with E-state index in [4.69, 9.17) is 0 Å². The molecule has 0 unspecified atom stereocenters. The molecule has 0 atom stereocenters. The minimum absolute atomic E-state index is 0.00618. The molecule has 98 valence electrons. The van der Waals surface area contributed by atoms with Crippen LogP contribution in [0.2, 0.25) is 0 Å². The smallest absolute Gasteiger partial charge is 0.268 e. The fourth-order valence-electron chi connectivity index (χ4n) is 1.70. The SMILES string of the molecule is Cc1ccc(C(=O)Cn2cncc(Br)c2=O)cc1C. The van der Waals surface area contributed by atoms with Crippen LogP contribution >= 0.6 is 15.9 Å². The Kier molecular flexibility index (Phi) is 3.95. The van der Waals surface area contributed by atoms with Crippen LogP contribution in [0.4, 0.5) is 0 Å². The van der Waals surface area contributed by atoms with E-state index >= 15 is 0 Å². The Labute approximate surface area is 119 Å². The summed E-state index contributed by atoms with van der Waals surface area (Å²) >= 11 is 3.11. The number of rotatable bonds is 3. The molecule has 2 rings (SSSR count). The molecule has 0 N–H and O–H groups in total. The van der Waals surface area contributed by atoms with Crippen molar-refractivity contribution in [2.24, 2.45) is 0 Å². The Bertz CT molecular complexity index is 692. The van der Waals surface area contributed by atoms with Gasteiger partial charge in [-0.3, -0.25) is 14.2 Å². The average Bonchev–Trinajstić information content (AvgIpc) is 2.38. The standard InChI is InChI=1S/C14H13BrN2O2/c1-9-3-4-11(5-10(9)2)13(18)7-17-8-16-6-12(15)14(17)19/h3-6,8H,7H2,1-2H3. The molecule has 19 heavy (non-hydrogen) atoms. The van der Waals surface area contributed by atoms with Gasteiger partial charge in [-0.25, -0.2) is 4.98 Å². The second-order valence-corrected chi connectivity index (χ2v) is 5.25. The van der Waals surface area contributed by atoms with E-state index in [1.165, 1.54) is 17.1 Å². The van der Waals surface area contributed by atoms with Crippen molar-refractivity contribution in [3.8, 4) is 0 Å². The molecule has 0 saturated heterocycles. The van der Waals surface area contributed by atoms with E-state index in [9.17, 15) is 9.59 Å². The molecule has 0 bridgehead atoms. The number of aromatic nitrogens is 2. The van der Waals surface area contributed by atoms with Crippen LogP contribution in [0, 0.1) is 13.8 Å². The fourth-order valence-corrected chi connectivity index (χ4v) is 2.04. The van der Waals surface area contributed by atoms with Crippen molar-refractivity contribution in [2.45, 2.75) is 20.4 Å². The largest absolute Gasteiger partial charge is 0.292 e. The summed E-state index contributed by atoms with van der Waals surface area (Å²) in [7, 11) is 0. The Morgan fingerprint density at radius 3 is 2.74 bits per heavy atom. The molecule has 0 aliphatic carbocycles. The van der Waals surface area contributed by atoms with Gasteiger partial charge in [-0.2, -0.15) is 0 Å². The van der Waals surface area contributed by atoms with Gasteiger partial charge in [-0.1, -0.05) is 12.1 Å². The van der Waals surface area contributed by atoms with Gasteiger partial charge in [0, 0.05) is 11.8 Å². The van der Waals surface area contributed by atoms with Crippen LogP contribution in [-0.2, 0) is 6.54 Å². The monoisotopic (exact) mass is 320 g/mol. The molecule has 1 heterocycles. The Hall–Kier alpha value is -1.75. The fraction of sp³-hybridized carbons (Fsp3) is 0.214. The van der Waals surface area contributed by atoms with Gasteiger partial charge in [0.25, 0.3) is 5.56 Å². The van der Waals surface area contributed by atoms with Crippen LogP contribution in [-0.4, -0.2) is 15.3 Å². The van der Waals surface area contributed by atoms with E-state index in [0.29, 0.717) is 10.0 Å². The maximum Gasteiger partial charge on any atom is 0.268 e. The molecule has 0 aliphatic rings. The number of carbonyl (C=O) groups excluding carboxylic acids is 1. The highest BCUT2D eigenvalue weighted by molar-refractivity contribution is 9.10. The van der Waals surface area contributed by atoms with Gasteiger partial charge < -0.3 is 0 Å². The number of hydrogen-bond donors (Lipinski definition) is 0. The molecule has 0 radical (unpaired) electrons. The second-order valence-electron chi connectivity index (χ2n) is 4.40. The van der Waals surface area contributed by atoms with Crippen LogP contribution in [0.25, 0.3) is 0 Å². The van der Waals surface area contributed by atoms with Gasteiger partial charge in [0.2, 0.25) is 0 Å². The third kappa shape index (κ3) is 2.98. The highest BCUT2D eigenvalue weighted by atomic mass is 79.9. The van der Waals surface area contributed by atoms with Crippen LogP contribution in [0.5, 0.6) is 0 Å². The minimum atomic E-state index is -0.257. The summed E-state index contributed by atoms with van der Waals surface area (Å²) in [6.45, 7) is 3.94. The summed E-state index contributed by atoms with van der Waals surface area (Å²) < 4.78 is 1.64. The molecule has 5 heteroatoms.